The van der Waals surface area contributed by atoms with Crippen molar-refractivity contribution >= 4 is 11.9 Å². The molecule has 78 valence electrons. The van der Waals surface area contributed by atoms with Gasteiger partial charge in [0, 0.05) is 0 Å². The van der Waals surface area contributed by atoms with Crippen molar-refractivity contribution in [2.24, 2.45) is 5.41 Å². The predicted molar refractivity (Wildman–Crippen MR) is 49.4 cm³/mol. The monoisotopic (exact) mass is 198 g/mol. The quantitative estimate of drug-likeness (QED) is 0.426. The Hall–Kier alpha value is -1.32. The molecular formula is C10H14O4. The molecule has 0 aromatic rings. The fraction of sp³-hybridized carbons (Fsp3) is 0.600. The van der Waals surface area contributed by atoms with E-state index in [4.69, 9.17) is 5.11 Å². The molecule has 1 saturated carbocycles. The maximum atomic E-state index is 11.5. The molecule has 1 N–H and O–H groups in total. The van der Waals surface area contributed by atoms with Crippen LogP contribution in [0.15, 0.2) is 12.8 Å². The largest absolute Gasteiger partial charge is 0.480 e. The number of carbonyl (C=O) groups excluding carboxylic acids is 1. The minimum absolute atomic E-state index is 0.370. The number of hydrogen-bond acceptors (Lipinski definition) is 3. The third-order valence-corrected chi connectivity index (χ3v) is 2.70. The number of rotatable bonds is 3. The molecule has 0 atom stereocenters. The Bertz CT molecular complexity index is 251. The fourth-order valence-corrected chi connectivity index (χ4v) is 1.85. The summed E-state index contributed by atoms with van der Waals surface area (Å²) in [7, 11) is 0. The normalized spacial score (nSPS) is 19.7. The summed E-state index contributed by atoms with van der Waals surface area (Å²) in [5.41, 5.74) is -1.33. The lowest BCUT2D eigenvalue weighted by atomic mass is 9.74. The van der Waals surface area contributed by atoms with E-state index in [-0.39, 0.29) is 0 Å². The van der Waals surface area contributed by atoms with E-state index in [9.17, 15) is 9.59 Å². The average molecular weight is 198 g/mol. The highest BCUT2D eigenvalue weighted by atomic mass is 16.5. The number of carbonyl (C=O) groups is 2. The molecule has 0 amide bonds. The van der Waals surface area contributed by atoms with Gasteiger partial charge < -0.3 is 9.84 Å². The van der Waals surface area contributed by atoms with Crippen molar-refractivity contribution in [1.82, 2.24) is 0 Å². The molecule has 1 aliphatic carbocycles. The minimum atomic E-state index is -1.33. The second-order valence-corrected chi connectivity index (χ2v) is 3.52. The average Bonchev–Trinajstić information content (AvgIpc) is 2.19. The Morgan fingerprint density at radius 1 is 1.29 bits per heavy atom. The highest BCUT2D eigenvalue weighted by Crippen LogP contribution is 2.37. The number of esters is 1. The zero-order valence-electron chi connectivity index (χ0n) is 7.99. The lowest BCUT2D eigenvalue weighted by molar-refractivity contribution is -0.167. The van der Waals surface area contributed by atoms with Gasteiger partial charge in [0.2, 0.25) is 0 Å². The van der Waals surface area contributed by atoms with Crippen LogP contribution in [0.3, 0.4) is 0 Å². The van der Waals surface area contributed by atoms with Gasteiger partial charge in [0.15, 0.2) is 5.41 Å². The van der Waals surface area contributed by atoms with Gasteiger partial charge in [-0.15, -0.1) is 0 Å². The summed E-state index contributed by atoms with van der Waals surface area (Å²) in [6.07, 6.45) is 4.24. The standard InChI is InChI=1S/C10H14O4/c1-2-14-9(13)10(8(11)12)6-4-3-5-7-10/h2H,1,3-7H2,(H,11,12). The molecule has 4 heteroatoms. The van der Waals surface area contributed by atoms with Crippen molar-refractivity contribution < 1.29 is 19.4 Å². The van der Waals surface area contributed by atoms with Crippen LogP contribution in [0.5, 0.6) is 0 Å². The summed E-state index contributed by atoms with van der Waals surface area (Å²) in [5.74, 6) is -1.76. The van der Waals surface area contributed by atoms with Crippen LogP contribution in [0, 0.1) is 5.41 Å². The van der Waals surface area contributed by atoms with E-state index in [1.807, 2.05) is 0 Å². The van der Waals surface area contributed by atoms with Gasteiger partial charge in [0.1, 0.15) is 0 Å². The molecule has 14 heavy (non-hydrogen) atoms. The van der Waals surface area contributed by atoms with Gasteiger partial charge in [-0.05, 0) is 12.8 Å². The van der Waals surface area contributed by atoms with E-state index in [1.54, 1.807) is 0 Å². The van der Waals surface area contributed by atoms with E-state index in [0.29, 0.717) is 12.8 Å². The Morgan fingerprint density at radius 3 is 2.29 bits per heavy atom. The maximum absolute atomic E-state index is 11.5. The molecule has 4 nitrogen and oxygen atoms in total. The molecule has 0 radical (unpaired) electrons. The van der Waals surface area contributed by atoms with Gasteiger partial charge in [-0.25, -0.2) is 0 Å². The van der Waals surface area contributed by atoms with Crippen molar-refractivity contribution in [2.75, 3.05) is 0 Å². The zero-order valence-corrected chi connectivity index (χ0v) is 7.99. The summed E-state index contributed by atoms with van der Waals surface area (Å²) in [6.45, 7) is 3.25. The topological polar surface area (TPSA) is 63.6 Å². The highest BCUT2D eigenvalue weighted by Gasteiger charge is 2.48. The number of aliphatic carboxylic acids is 1. The molecule has 0 aromatic heterocycles. The van der Waals surface area contributed by atoms with Crippen LogP contribution >= 0.6 is 0 Å². The number of hydrogen-bond donors (Lipinski definition) is 1. The minimum Gasteiger partial charge on any atom is -0.480 e. The molecule has 1 fully saturated rings. The third-order valence-electron chi connectivity index (χ3n) is 2.70. The molecular weight excluding hydrogens is 184 g/mol. The van der Waals surface area contributed by atoms with Crippen LogP contribution < -0.4 is 0 Å². The molecule has 0 unspecified atom stereocenters. The Morgan fingerprint density at radius 2 is 1.86 bits per heavy atom. The maximum Gasteiger partial charge on any atom is 0.328 e. The Labute approximate surface area is 82.6 Å². The van der Waals surface area contributed by atoms with Gasteiger partial charge >= 0.3 is 11.9 Å². The summed E-state index contributed by atoms with van der Waals surface area (Å²) in [5, 5.41) is 9.05. The fourth-order valence-electron chi connectivity index (χ4n) is 1.85. The Kier molecular flexibility index (Phi) is 3.28. The smallest absolute Gasteiger partial charge is 0.328 e. The summed E-state index contributed by atoms with van der Waals surface area (Å²) in [6, 6.07) is 0. The van der Waals surface area contributed by atoms with Crippen molar-refractivity contribution in [3.8, 4) is 0 Å². The Balaban J connectivity index is 2.84. The van der Waals surface area contributed by atoms with Crippen molar-refractivity contribution in [3.05, 3.63) is 12.8 Å². The molecule has 0 spiro atoms. The van der Waals surface area contributed by atoms with Crippen LogP contribution in [0.4, 0.5) is 0 Å². The zero-order chi connectivity index (χ0) is 10.6. The van der Waals surface area contributed by atoms with E-state index in [1.165, 1.54) is 0 Å². The summed E-state index contributed by atoms with van der Waals surface area (Å²) in [4.78, 5) is 22.5. The van der Waals surface area contributed by atoms with Gasteiger partial charge in [-0.1, -0.05) is 25.8 Å². The number of carboxylic acids is 1. The van der Waals surface area contributed by atoms with Crippen molar-refractivity contribution in [2.45, 2.75) is 32.1 Å². The second-order valence-electron chi connectivity index (χ2n) is 3.52. The molecule has 0 aliphatic heterocycles. The van der Waals surface area contributed by atoms with Crippen molar-refractivity contribution in [1.29, 1.82) is 0 Å². The van der Waals surface area contributed by atoms with Crippen LogP contribution in [-0.2, 0) is 14.3 Å². The SMILES string of the molecule is C=COC(=O)C1(C(=O)O)CCCCC1. The summed E-state index contributed by atoms with van der Waals surface area (Å²) < 4.78 is 4.59. The van der Waals surface area contributed by atoms with Gasteiger partial charge in [-0.3, -0.25) is 9.59 Å². The molecule has 0 bridgehead atoms. The van der Waals surface area contributed by atoms with E-state index >= 15 is 0 Å². The van der Waals surface area contributed by atoms with Gasteiger partial charge in [0.05, 0.1) is 6.26 Å². The first-order valence-corrected chi connectivity index (χ1v) is 4.69. The lowest BCUT2D eigenvalue weighted by Crippen LogP contribution is -2.41. The molecule has 0 heterocycles. The van der Waals surface area contributed by atoms with Crippen LogP contribution in [-0.4, -0.2) is 17.0 Å². The predicted octanol–water partition coefficient (Wildman–Crippen LogP) is 1.71. The first-order valence-electron chi connectivity index (χ1n) is 4.69. The van der Waals surface area contributed by atoms with Crippen molar-refractivity contribution in [3.63, 3.8) is 0 Å². The highest BCUT2D eigenvalue weighted by molar-refractivity contribution is 5.99. The molecule has 0 saturated heterocycles. The van der Waals surface area contributed by atoms with E-state index in [0.717, 1.165) is 25.5 Å². The van der Waals surface area contributed by atoms with E-state index < -0.39 is 17.4 Å². The van der Waals surface area contributed by atoms with Crippen LogP contribution in [0.25, 0.3) is 0 Å². The van der Waals surface area contributed by atoms with Gasteiger partial charge in [-0.2, -0.15) is 0 Å². The second kappa shape index (κ2) is 4.26. The summed E-state index contributed by atoms with van der Waals surface area (Å²) >= 11 is 0. The first kappa shape index (κ1) is 10.8. The van der Waals surface area contributed by atoms with Crippen LogP contribution in [0.1, 0.15) is 32.1 Å². The molecule has 1 rings (SSSR count). The molecule has 1 aliphatic rings. The third kappa shape index (κ3) is 1.78. The van der Waals surface area contributed by atoms with E-state index in [2.05, 4.69) is 11.3 Å². The number of ether oxygens (including phenoxy) is 1. The molecule has 0 aromatic carbocycles. The number of carboxylic acid groups (broad SMARTS) is 1. The lowest BCUT2D eigenvalue weighted by Gasteiger charge is -2.29. The van der Waals surface area contributed by atoms with Crippen LogP contribution in [0.2, 0.25) is 0 Å². The first-order chi connectivity index (χ1) is 6.63. The van der Waals surface area contributed by atoms with Gasteiger partial charge in [0.25, 0.3) is 0 Å².